The summed E-state index contributed by atoms with van der Waals surface area (Å²) in [6.45, 7) is 0. The predicted octanol–water partition coefficient (Wildman–Crippen LogP) is 3.37. The maximum atomic E-state index is 13.9. The van der Waals surface area contributed by atoms with Crippen LogP contribution in [0.1, 0.15) is 20.7 Å². The second kappa shape index (κ2) is 6.20. The van der Waals surface area contributed by atoms with Crippen molar-refractivity contribution in [3.63, 3.8) is 0 Å². The Bertz CT molecular complexity index is 726. The van der Waals surface area contributed by atoms with Crippen molar-refractivity contribution in [1.82, 2.24) is 0 Å². The molecule has 4 nitrogen and oxygen atoms in total. The molecule has 0 saturated carbocycles. The van der Waals surface area contributed by atoms with Crippen LogP contribution in [0.4, 0.5) is 18.9 Å². The van der Waals surface area contributed by atoms with Gasteiger partial charge >= 0.3 is 5.97 Å². The minimum atomic E-state index is -1.57. The van der Waals surface area contributed by atoms with Crippen LogP contribution in [0.2, 0.25) is 0 Å². The van der Waals surface area contributed by atoms with Crippen molar-refractivity contribution in [2.24, 2.45) is 0 Å². The normalized spacial score (nSPS) is 13.9. The third-order valence-electron chi connectivity index (χ3n) is 2.57. The zero-order valence-electron chi connectivity index (χ0n) is 10.2. The third kappa shape index (κ3) is 3.04. The summed E-state index contributed by atoms with van der Waals surface area (Å²) in [5.74, 6) is -5.28. The Morgan fingerprint density at radius 2 is 2.00 bits per heavy atom. The van der Waals surface area contributed by atoms with Gasteiger partial charge in [-0.2, -0.15) is 0 Å². The number of halogens is 4. The van der Waals surface area contributed by atoms with Crippen LogP contribution >= 0.6 is 20.7 Å². The fourth-order valence-corrected chi connectivity index (χ4v) is 3.01. The lowest BCUT2D eigenvalue weighted by atomic mass is 10.1. The van der Waals surface area contributed by atoms with Gasteiger partial charge in [0.05, 0.1) is 22.5 Å². The van der Waals surface area contributed by atoms with Crippen LogP contribution in [0.15, 0.2) is 27.7 Å². The van der Waals surface area contributed by atoms with Gasteiger partial charge in [0.1, 0.15) is 0 Å². The molecule has 1 aliphatic rings. The van der Waals surface area contributed by atoms with E-state index in [9.17, 15) is 22.8 Å². The number of nitrogens with one attached hydrogen (secondary N) is 1. The van der Waals surface area contributed by atoms with Crippen LogP contribution in [0, 0.1) is 11.6 Å². The molecular formula is C13H7F3INO3. The molecule has 0 saturated heterocycles. The Kier molecular flexibility index (Phi) is 4.56. The first kappa shape index (κ1) is 15.4. The fourth-order valence-electron chi connectivity index (χ4n) is 1.59. The topological polar surface area (TPSA) is 66.4 Å². The lowest BCUT2D eigenvalue weighted by molar-refractivity contribution is 0.0697. The number of carbonyl (C=O) groups is 2. The van der Waals surface area contributed by atoms with Crippen molar-refractivity contribution in [2.45, 2.75) is 0 Å². The first-order valence-corrected chi connectivity index (χ1v) is 7.93. The summed E-state index contributed by atoms with van der Waals surface area (Å²) in [7, 11) is 0. The van der Waals surface area contributed by atoms with Crippen molar-refractivity contribution >= 4 is 42.7 Å². The van der Waals surface area contributed by atoms with E-state index in [2.05, 4.69) is 5.32 Å². The number of anilines is 1. The number of carboxylic acids is 1. The van der Waals surface area contributed by atoms with E-state index in [-0.39, 0.29) is 12.0 Å². The molecule has 8 heteroatoms. The molecule has 0 atom stereocenters. The largest absolute Gasteiger partial charge is 0.478 e. The van der Waals surface area contributed by atoms with Gasteiger partial charge in [0.15, 0.2) is 23.7 Å². The Labute approximate surface area is 126 Å². The van der Waals surface area contributed by atoms with Crippen LogP contribution in [0.25, 0.3) is 0 Å². The predicted molar refractivity (Wildman–Crippen MR) is 79.7 cm³/mol. The molecule has 1 aromatic rings. The van der Waals surface area contributed by atoms with Gasteiger partial charge in [-0.3, -0.25) is 4.79 Å². The molecular weight excluding hydrogens is 402 g/mol. The lowest BCUT2D eigenvalue weighted by Crippen LogP contribution is -2.12. The summed E-state index contributed by atoms with van der Waals surface area (Å²) in [5, 5.41) is 11.3. The molecule has 0 unspecified atom stereocenters. The number of allylic oxidation sites excluding steroid dienone is 2. The third-order valence-corrected chi connectivity index (χ3v) is 4.25. The maximum absolute atomic E-state index is 13.9. The average molecular weight is 409 g/mol. The standard InChI is InChI=1S/C13H7F3INO3/c14-8-4-17-2-1-9(8)18-12-7(13(20)21)3-6(5-19)10(15)11(12)16/h1-5,18H,(H,20,21). The fraction of sp³-hybridized carbons (Fsp3) is 0. The summed E-state index contributed by atoms with van der Waals surface area (Å²) in [5.41, 5.74) is -2.28. The maximum Gasteiger partial charge on any atom is 0.337 e. The number of aromatic carboxylic acids is 1. The summed E-state index contributed by atoms with van der Waals surface area (Å²) < 4.78 is 44.0. The number of rotatable bonds is 4. The number of benzene rings is 1. The van der Waals surface area contributed by atoms with Crippen molar-refractivity contribution in [3.05, 3.63) is 50.5 Å². The van der Waals surface area contributed by atoms with Crippen LogP contribution < -0.4 is 5.32 Å². The van der Waals surface area contributed by atoms with E-state index < -0.39 is 61.0 Å². The van der Waals surface area contributed by atoms with E-state index >= 15 is 0 Å². The molecule has 0 fully saturated rings. The highest BCUT2D eigenvalue weighted by Crippen LogP contribution is 2.28. The van der Waals surface area contributed by atoms with E-state index in [0.29, 0.717) is 6.07 Å². The van der Waals surface area contributed by atoms with Gasteiger partial charge in [-0.05, 0) is 16.2 Å². The SMILES string of the molecule is O=Cc1cc(C(=O)O)c(NC2=C(F)C=IC=C2)c(F)c1F. The first-order chi connectivity index (χ1) is 9.95. The Hall–Kier alpha value is -1.97. The van der Waals surface area contributed by atoms with Gasteiger partial charge < -0.3 is 10.4 Å². The number of carbonyl (C=O) groups excluding carboxylic acids is 1. The molecule has 2 rings (SSSR count). The van der Waals surface area contributed by atoms with E-state index in [1.165, 1.54) is 10.1 Å². The highest BCUT2D eigenvalue weighted by Gasteiger charge is 2.23. The van der Waals surface area contributed by atoms with Crippen molar-refractivity contribution in [3.8, 4) is 0 Å². The second-order valence-electron chi connectivity index (χ2n) is 3.85. The van der Waals surface area contributed by atoms with E-state index in [1.807, 2.05) is 0 Å². The van der Waals surface area contributed by atoms with E-state index in [4.69, 9.17) is 5.11 Å². The molecule has 0 amide bonds. The molecule has 0 radical (unpaired) electrons. The monoisotopic (exact) mass is 409 g/mol. The molecule has 21 heavy (non-hydrogen) atoms. The number of hydrogen-bond donors (Lipinski definition) is 2. The van der Waals surface area contributed by atoms with Gasteiger partial charge in [-0.1, -0.05) is 20.7 Å². The average Bonchev–Trinajstić information content (AvgIpc) is 2.46. The smallest absolute Gasteiger partial charge is 0.337 e. The molecule has 0 spiro atoms. The Morgan fingerprint density at radius 3 is 2.57 bits per heavy atom. The molecule has 1 heterocycles. The van der Waals surface area contributed by atoms with Gasteiger partial charge in [0.25, 0.3) is 0 Å². The Balaban J connectivity index is 2.60. The number of carboxylic acid groups (broad SMARTS) is 1. The zero-order chi connectivity index (χ0) is 15.6. The second-order valence-corrected chi connectivity index (χ2v) is 5.91. The van der Waals surface area contributed by atoms with Gasteiger partial charge in [0.2, 0.25) is 0 Å². The molecule has 0 aromatic heterocycles. The van der Waals surface area contributed by atoms with Crippen LogP contribution in [0.5, 0.6) is 0 Å². The van der Waals surface area contributed by atoms with Crippen molar-refractivity contribution < 1.29 is 27.9 Å². The first-order valence-electron chi connectivity index (χ1n) is 5.44. The zero-order valence-corrected chi connectivity index (χ0v) is 12.3. The molecule has 1 aliphatic heterocycles. The summed E-state index contributed by atoms with van der Waals surface area (Å²) in [6, 6.07) is 0.692. The van der Waals surface area contributed by atoms with E-state index in [1.54, 1.807) is 4.08 Å². The van der Waals surface area contributed by atoms with Crippen molar-refractivity contribution in [1.29, 1.82) is 0 Å². The minimum Gasteiger partial charge on any atom is -0.478 e. The molecule has 1 aromatic carbocycles. The Morgan fingerprint density at radius 1 is 1.29 bits per heavy atom. The van der Waals surface area contributed by atoms with Crippen LogP contribution in [0.3, 0.4) is 0 Å². The summed E-state index contributed by atoms with van der Waals surface area (Å²) >= 11 is -0.581. The van der Waals surface area contributed by atoms with Gasteiger partial charge in [-0.15, -0.1) is 0 Å². The molecule has 0 aliphatic carbocycles. The number of hydrogen-bond acceptors (Lipinski definition) is 3. The summed E-state index contributed by atoms with van der Waals surface area (Å²) in [6.07, 6.45) is 1.34. The van der Waals surface area contributed by atoms with Crippen LogP contribution in [-0.4, -0.2) is 21.4 Å². The highest BCUT2D eigenvalue weighted by atomic mass is 127. The quantitative estimate of drug-likeness (QED) is 0.592. The highest BCUT2D eigenvalue weighted by molar-refractivity contribution is 14.2. The minimum absolute atomic E-state index is 0.00715. The van der Waals surface area contributed by atoms with Gasteiger partial charge in [0, 0.05) is 4.01 Å². The van der Waals surface area contributed by atoms with Crippen LogP contribution in [-0.2, 0) is 0 Å². The molecule has 2 N–H and O–H groups in total. The van der Waals surface area contributed by atoms with Crippen molar-refractivity contribution in [2.75, 3.05) is 5.32 Å². The van der Waals surface area contributed by atoms with E-state index in [0.717, 1.165) is 0 Å². The lowest BCUT2D eigenvalue weighted by Gasteiger charge is -2.14. The number of aldehydes is 1. The van der Waals surface area contributed by atoms with Gasteiger partial charge in [-0.25, -0.2) is 18.0 Å². The summed E-state index contributed by atoms with van der Waals surface area (Å²) in [4.78, 5) is 21.7. The molecule has 0 bridgehead atoms. The molecule has 110 valence electrons.